The van der Waals surface area contributed by atoms with Crippen molar-refractivity contribution in [1.29, 1.82) is 0 Å². The molecule has 3 rings (SSSR count). The Kier molecular flexibility index (Phi) is 5.13. The standard InChI is InChI=1S/C17H24FN3O2/c18-15-2-1-13(12-20-9-5-19-6-10-20)11-16(15)21-7-3-14(4-8-21)17(22)23/h1-2,11,14,19H,3-10,12H2,(H,22,23). The van der Waals surface area contributed by atoms with Crippen LogP contribution in [0, 0.1) is 11.7 Å². The number of nitrogens with one attached hydrogen (secondary N) is 1. The lowest BCUT2D eigenvalue weighted by Gasteiger charge is -2.33. The Morgan fingerprint density at radius 1 is 1.22 bits per heavy atom. The van der Waals surface area contributed by atoms with Gasteiger partial charge in [0.1, 0.15) is 5.82 Å². The molecule has 0 amide bonds. The summed E-state index contributed by atoms with van der Waals surface area (Å²) in [6.07, 6.45) is 1.16. The van der Waals surface area contributed by atoms with Gasteiger partial charge < -0.3 is 15.3 Å². The molecule has 5 nitrogen and oxygen atoms in total. The molecule has 1 aromatic carbocycles. The smallest absolute Gasteiger partial charge is 0.306 e. The molecule has 0 radical (unpaired) electrons. The number of nitrogens with zero attached hydrogens (tertiary/aromatic N) is 2. The number of anilines is 1. The molecule has 0 spiro atoms. The number of carbonyl (C=O) groups is 1. The average Bonchev–Trinajstić information content (AvgIpc) is 2.58. The van der Waals surface area contributed by atoms with Crippen LogP contribution in [-0.4, -0.2) is 55.2 Å². The van der Waals surface area contributed by atoms with Gasteiger partial charge in [-0.25, -0.2) is 4.39 Å². The van der Waals surface area contributed by atoms with E-state index in [1.54, 1.807) is 0 Å². The fraction of sp³-hybridized carbons (Fsp3) is 0.588. The van der Waals surface area contributed by atoms with Crippen LogP contribution in [0.4, 0.5) is 10.1 Å². The third-order valence-electron chi connectivity index (χ3n) is 4.81. The molecule has 0 aromatic heterocycles. The van der Waals surface area contributed by atoms with Crippen molar-refractivity contribution in [2.24, 2.45) is 5.92 Å². The molecular weight excluding hydrogens is 297 g/mol. The van der Waals surface area contributed by atoms with Crippen LogP contribution in [-0.2, 0) is 11.3 Å². The lowest BCUT2D eigenvalue weighted by atomic mass is 9.96. The Morgan fingerprint density at radius 3 is 2.57 bits per heavy atom. The molecule has 0 aliphatic carbocycles. The summed E-state index contributed by atoms with van der Waals surface area (Å²) < 4.78 is 14.2. The number of carboxylic acids is 1. The number of aliphatic carboxylic acids is 1. The van der Waals surface area contributed by atoms with Gasteiger partial charge in [0.05, 0.1) is 11.6 Å². The van der Waals surface area contributed by atoms with E-state index < -0.39 is 5.97 Å². The number of benzene rings is 1. The van der Waals surface area contributed by atoms with Gasteiger partial charge in [0.15, 0.2) is 0 Å². The highest BCUT2D eigenvalue weighted by Gasteiger charge is 2.26. The van der Waals surface area contributed by atoms with Crippen LogP contribution in [0.5, 0.6) is 0 Å². The quantitative estimate of drug-likeness (QED) is 0.881. The van der Waals surface area contributed by atoms with Crippen molar-refractivity contribution in [3.63, 3.8) is 0 Å². The lowest BCUT2D eigenvalue weighted by molar-refractivity contribution is -0.142. The predicted octanol–water partition coefficient (Wildman–Crippen LogP) is 1.53. The van der Waals surface area contributed by atoms with Crippen LogP contribution >= 0.6 is 0 Å². The van der Waals surface area contributed by atoms with Crippen LogP contribution in [0.15, 0.2) is 18.2 Å². The molecule has 23 heavy (non-hydrogen) atoms. The Bertz CT molecular complexity index is 553. The molecule has 2 aliphatic rings. The van der Waals surface area contributed by atoms with Crippen LogP contribution in [0.1, 0.15) is 18.4 Å². The molecule has 2 heterocycles. The molecule has 1 aromatic rings. The lowest BCUT2D eigenvalue weighted by Crippen LogP contribution is -2.43. The number of piperazine rings is 1. The second-order valence-electron chi connectivity index (χ2n) is 6.41. The second kappa shape index (κ2) is 7.27. The van der Waals surface area contributed by atoms with E-state index in [0.717, 1.165) is 38.3 Å². The SMILES string of the molecule is O=C(O)C1CCN(c2cc(CN3CCNCC3)ccc2F)CC1. The van der Waals surface area contributed by atoms with Gasteiger partial charge in [0.2, 0.25) is 0 Å². The highest BCUT2D eigenvalue weighted by molar-refractivity contribution is 5.70. The van der Waals surface area contributed by atoms with Crippen LogP contribution in [0.25, 0.3) is 0 Å². The molecule has 0 bridgehead atoms. The maximum Gasteiger partial charge on any atom is 0.306 e. The maximum atomic E-state index is 14.2. The first kappa shape index (κ1) is 16.2. The van der Waals surface area contributed by atoms with E-state index in [0.29, 0.717) is 31.6 Å². The first-order valence-corrected chi connectivity index (χ1v) is 8.33. The monoisotopic (exact) mass is 321 g/mol. The van der Waals surface area contributed by atoms with Crippen molar-refractivity contribution < 1.29 is 14.3 Å². The third kappa shape index (κ3) is 4.00. The Labute approximate surface area is 136 Å². The molecule has 2 aliphatic heterocycles. The highest BCUT2D eigenvalue weighted by Crippen LogP contribution is 2.27. The zero-order valence-electron chi connectivity index (χ0n) is 13.3. The maximum absolute atomic E-state index is 14.2. The molecule has 2 saturated heterocycles. The van der Waals surface area contributed by atoms with Gasteiger partial charge >= 0.3 is 5.97 Å². The summed E-state index contributed by atoms with van der Waals surface area (Å²) >= 11 is 0. The molecule has 0 atom stereocenters. The number of hydrogen-bond acceptors (Lipinski definition) is 4. The second-order valence-corrected chi connectivity index (χ2v) is 6.41. The molecule has 0 saturated carbocycles. The van der Waals surface area contributed by atoms with Gasteiger partial charge in [-0.3, -0.25) is 9.69 Å². The van der Waals surface area contributed by atoms with Crippen molar-refractivity contribution in [2.75, 3.05) is 44.2 Å². The van der Waals surface area contributed by atoms with Crippen molar-refractivity contribution in [1.82, 2.24) is 10.2 Å². The molecule has 2 N–H and O–H groups in total. The largest absolute Gasteiger partial charge is 0.481 e. The van der Waals surface area contributed by atoms with Crippen molar-refractivity contribution in [3.8, 4) is 0 Å². The fourth-order valence-corrected chi connectivity index (χ4v) is 3.39. The first-order chi connectivity index (χ1) is 11.1. The van der Waals surface area contributed by atoms with E-state index in [1.165, 1.54) is 6.07 Å². The minimum absolute atomic E-state index is 0.220. The summed E-state index contributed by atoms with van der Waals surface area (Å²) in [5.74, 6) is -1.25. The van der Waals surface area contributed by atoms with E-state index in [4.69, 9.17) is 5.11 Å². The molecular formula is C17H24FN3O2. The highest BCUT2D eigenvalue weighted by atomic mass is 19.1. The Balaban J connectivity index is 1.67. The summed E-state index contributed by atoms with van der Waals surface area (Å²) in [6, 6.07) is 5.32. The van der Waals surface area contributed by atoms with Gasteiger partial charge in [0.25, 0.3) is 0 Å². The van der Waals surface area contributed by atoms with Gasteiger partial charge in [-0.05, 0) is 30.5 Å². The number of piperidine rings is 1. The van der Waals surface area contributed by atoms with Gasteiger partial charge in [-0.2, -0.15) is 0 Å². The number of carboxylic acid groups (broad SMARTS) is 1. The predicted molar refractivity (Wildman–Crippen MR) is 87.1 cm³/mol. The minimum Gasteiger partial charge on any atom is -0.481 e. The van der Waals surface area contributed by atoms with Crippen molar-refractivity contribution in [3.05, 3.63) is 29.6 Å². The summed E-state index contributed by atoms with van der Waals surface area (Å²) in [5, 5.41) is 12.4. The number of rotatable bonds is 4. The van der Waals surface area contributed by atoms with E-state index in [2.05, 4.69) is 10.2 Å². The third-order valence-corrected chi connectivity index (χ3v) is 4.81. The molecule has 126 valence electrons. The van der Waals surface area contributed by atoms with Crippen molar-refractivity contribution >= 4 is 11.7 Å². The van der Waals surface area contributed by atoms with E-state index in [-0.39, 0.29) is 11.7 Å². The zero-order valence-corrected chi connectivity index (χ0v) is 13.3. The zero-order chi connectivity index (χ0) is 16.2. The molecule has 0 unspecified atom stereocenters. The minimum atomic E-state index is -0.738. The topological polar surface area (TPSA) is 55.8 Å². The Hall–Kier alpha value is -1.66. The van der Waals surface area contributed by atoms with Crippen molar-refractivity contribution in [2.45, 2.75) is 19.4 Å². The van der Waals surface area contributed by atoms with Gasteiger partial charge in [-0.1, -0.05) is 6.07 Å². The summed E-state index contributed by atoms with van der Waals surface area (Å²) in [4.78, 5) is 15.4. The summed E-state index contributed by atoms with van der Waals surface area (Å²) in [5.41, 5.74) is 1.73. The normalized spacial score (nSPS) is 20.7. The van der Waals surface area contributed by atoms with Crippen LogP contribution in [0.3, 0.4) is 0 Å². The Morgan fingerprint density at radius 2 is 1.91 bits per heavy atom. The first-order valence-electron chi connectivity index (χ1n) is 8.33. The fourth-order valence-electron chi connectivity index (χ4n) is 3.39. The number of halogens is 1. The summed E-state index contributed by atoms with van der Waals surface area (Å²) in [6.45, 7) is 6.05. The van der Waals surface area contributed by atoms with E-state index >= 15 is 0 Å². The molecule has 2 fully saturated rings. The summed E-state index contributed by atoms with van der Waals surface area (Å²) in [7, 11) is 0. The average molecular weight is 321 g/mol. The van der Waals surface area contributed by atoms with Crippen LogP contribution in [0.2, 0.25) is 0 Å². The van der Waals surface area contributed by atoms with Gasteiger partial charge in [0, 0.05) is 45.8 Å². The number of hydrogen-bond donors (Lipinski definition) is 2. The van der Waals surface area contributed by atoms with Gasteiger partial charge in [-0.15, -0.1) is 0 Å². The van der Waals surface area contributed by atoms with E-state index in [9.17, 15) is 9.18 Å². The molecule has 6 heteroatoms. The van der Waals surface area contributed by atoms with E-state index in [1.807, 2.05) is 17.0 Å². The van der Waals surface area contributed by atoms with Crippen LogP contribution < -0.4 is 10.2 Å².